The van der Waals surface area contributed by atoms with E-state index in [4.69, 9.17) is 11.6 Å². The van der Waals surface area contributed by atoms with Crippen molar-refractivity contribution in [3.8, 4) is 0 Å². The molecule has 1 aromatic heterocycles. The molecule has 0 spiro atoms. The molecular formula is C10H15ClN2OS. The zero-order valence-electron chi connectivity index (χ0n) is 8.83. The van der Waals surface area contributed by atoms with Crippen LogP contribution in [0.2, 0.25) is 5.15 Å². The van der Waals surface area contributed by atoms with Crippen molar-refractivity contribution in [3.05, 3.63) is 23.4 Å². The van der Waals surface area contributed by atoms with Crippen LogP contribution in [0.5, 0.6) is 0 Å². The van der Waals surface area contributed by atoms with E-state index < -0.39 is 5.60 Å². The van der Waals surface area contributed by atoms with Gasteiger partial charge in [-0.1, -0.05) is 17.7 Å². The number of anilines is 1. The zero-order chi connectivity index (χ0) is 11.3. The molecule has 0 saturated carbocycles. The molecule has 0 fully saturated rings. The Morgan fingerprint density at radius 1 is 1.60 bits per heavy atom. The highest BCUT2D eigenvalue weighted by molar-refractivity contribution is 7.98. The number of aromatic nitrogens is 1. The average molecular weight is 247 g/mol. The van der Waals surface area contributed by atoms with Crippen molar-refractivity contribution >= 4 is 29.2 Å². The first kappa shape index (κ1) is 12.6. The standard InChI is InChI=1S/C10H15ClN2OS/c1-10(14,7-15-2)6-12-9-5-3-4-8(11)13-9/h3-5,14H,6-7H2,1-2H3,(H,12,13). The van der Waals surface area contributed by atoms with E-state index in [9.17, 15) is 5.11 Å². The van der Waals surface area contributed by atoms with Crippen LogP contribution in [0.25, 0.3) is 0 Å². The highest BCUT2D eigenvalue weighted by Gasteiger charge is 2.19. The fraction of sp³-hybridized carbons (Fsp3) is 0.500. The summed E-state index contributed by atoms with van der Waals surface area (Å²) in [6, 6.07) is 5.36. The maximum atomic E-state index is 9.90. The third kappa shape index (κ3) is 4.73. The molecule has 1 unspecified atom stereocenters. The molecule has 5 heteroatoms. The second-order valence-corrected chi connectivity index (χ2v) is 4.88. The van der Waals surface area contributed by atoms with Crippen LogP contribution in [-0.4, -0.2) is 34.2 Å². The van der Waals surface area contributed by atoms with Gasteiger partial charge in [0.1, 0.15) is 11.0 Å². The summed E-state index contributed by atoms with van der Waals surface area (Å²) in [5.74, 6) is 1.37. The Morgan fingerprint density at radius 2 is 2.33 bits per heavy atom. The maximum absolute atomic E-state index is 9.90. The van der Waals surface area contributed by atoms with Gasteiger partial charge in [0.05, 0.1) is 5.60 Å². The van der Waals surface area contributed by atoms with Gasteiger partial charge >= 0.3 is 0 Å². The fourth-order valence-corrected chi connectivity index (χ4v) is 2.04. The van der Waals surface area contributed by atoms with E-state index in [1.165, 1.54) is 0 Å². The highest BCUT2D eigenvalue weighted by Crippen LogP contribution is 2.13. The Balaban J connectivity index is 2.49. The van der Waals surface area contributed by atoms with Crippen molar-refractivity contribution in [1.82, 2.24) is 4.98 Å². The van der Waals surface area contributed by atoms with Crippen LogP contribution < -0.4 is 5.32 Å². The van der Waals surface area contributed by atoms with Crippen LogP contribution in [0.15, 0.2) is 18.2 Å². The van der Waals surface area contributed by atoms with Gasteiger partial charge in [0.15, 0.2) is 0 Å². The van der Waals surface area contributed by atoms with E-state index in [1.54, 1.807) is 24.8 Å². The lowest BCUT2D eigenvalue weighted by Crippen LogP contribution is -2.36. The molecule has 84 valence electrons. The Labute approximate surface area is 99.2 Å². The molecule has 0 saturated heterocycles. The van der Waals surface area contributed by atoms with E-state index in [2.05, 4.69) is 10.3 Å². The van der Waals surface area contributed by atoms with Crippen LogP contribution in [-0.2, 0) is 0 Å². The van der Waals surface area contributed by atoms with Gasteiger partial charge in [0.2, 0.25) is 0 Å². The Hall–Kier alpha value is -0.450. The minimum absolute atomic E-state index is 0.449. The first-order valence-corrected chi connectivity index (χ1v) is 6.38. The minimum Gasteiger partial charge on any atom is -0.387 e. The summed E-state index contributed by atoms with van der Waals surface area (Å²) in [6.45, 7) is 2.25. The smallest absolute Gasteiger partial charge is 0.131 e. The summed E-state index contributed by atoms with van der Waals surface area (Å²) >= 11 is 7.35. The molecule has 3 nitrogen and oxygen atoms in total. The van der Waals surface area contributed by atoms with E-state index in [0.717, 1.165) is 0 Å². The summed E-state index contributed by atoms with van der Waals surface area (Å²) in [4.78, 5) is 4.07. The van der Waals surface area contributed by atoms with Crippen LogP contribution in [0.1, 0.15) is 6.92 Å². The molecule has 0 aliphatic carbocycles. The number of aliphatic hydroxyl groups is 1. The van der Waals surface area contributed by atoms with Crippen LogP contribution in [0, 0.1) is 0 Å². The average Bonchev–Trinajstić information content (AvgIpc) is 2.15. The largest absolute Gasteiger partial charge is 0.387 e. The molecule has 0 radical (unpaired) electrons. The lowest BCUT2D eigenvalue weighted by Gasteiger charge is -2.22. The van der Waals surface area contributed by atoms with Crippen molar-refractivity contribution in [2.75, 3.05) is 23.9 Å². The van der Waals surface area contributed by atoms with E-state index in [-0.39, 0.29) is 0 Å². The van der Waals surface area contributed by atoms with Gasteiger partial charge in [-0.05, 0) is 25.3 Å². The van der Waals surface area contributed by atoms with E-state index in [0.29, 0.717) is 23.3 Å². The molecule has 15 heavy (non-hydrogen) atoms. The van der Waals surface area contributed by atoms with Gasteiger partial charge in [0, 0.05) is 12.3 Å². The Bertz CT molecular complexity index is 320. The molecule has 1 rings (SSSR count). The number of nitrogens with zero attached hydrogens (tertiary/aromatic N) is 1. The summed E-state index contributed by atoms with van der Waals surface area (Å²) in [5, 5.41) is 13.4. The monoisotopic (exact) mass is 246 g/mol. The summed E-state index contributed by atoms with van der Waals surface area (Å²) in [7, 11) is 0. The topological polar surface area (TPSA) is 45.1 Å². The lowest BCUT2D eigenvalue weighted by atomic mass is 10.1. The fourth-order valence-electron chi connectivity index (χ4n) is 1.15. The predicted molar refractivity (Wildman–Crippen MR) is 66.7 cm³/mol. The van der Waals surface area contributed by atoms with Gasteiger partial charge in [-0.2, -0.15) is 11.8 Å². The lowest BCUT2D eigenvalue weighted by molar-refractivity contribution is 0.0996. The number of thioether (sulfide) groups is 1. The normalized spacial score (nSPS) is 14.7. The summed E-state index contributed by atoms with van der Waals surface area (Å²) < 4.78 is 0. The molecule has 0 aliphatic rings. The first-order valence-electron chi connectivity index (χ1n) is 4.61. The number of hydrogen-bond donors (Lipinski definition) is 2. The number of rotatable bonds is 5. The van der Waals surface area contributed by atoms with Crippen LogP contribution in [0.3, 0.4) is 0 Å². The van der Waals surface area contributed by atoms with Gasteiger partial charge in [-0.25, -0.2) is 4.98 Å². The number of pyridine rings is 1. The molecular weight excluding hydrogens is 232 g/mol. The molecule has 0 aliphatic heterocycles. The van der Waals surface area contributed by atoms with Crippen molar-refractivity contribution in [2.45, 2.75) is 12.5 Å². The van der Waals surface area contributed by atoms with Crippen LogP contribution >= 0.6 is 23.4 Å². The number of hydrogen-bond acceptors (Lipinski definition) is 4. The Morgan fingerprint density at radius 3 is 2.93 bits per heavy atom. The van der Waals surface area contributed by atoms with Gasteiger partial charge in [0.25, 0.3) is 0 Å². The Kier molecular flexibility index (Phi) is 4.70. The molecule has 0 aromatic carbocycles. The predicted octanol–water partition coefficient (Wildman–Crippen LogP) is 2.26. The third-order valence-electron chi connectivity index (χ3n) is 1.82. The summed E-state index contributed by atoms with van der Waals surface area (Å²) in [5.41, 5.74) is -0.733. The van der Waals surface area contributed by atoms with Gasteiger partial charge < -0.3 is 10.4 Å². The second-order valence-electron chi connectivity index (χ2n) is 3.63. The SMILES string of the molecule is CSCC(C)(O)CNc1cccc(Cl)n1. The summed E-state index contributed by atoms with van der Waals surface area (Å²) in [6.07, 6.45) is 1.96. The zero-order valence-corrected chi connectivity index (χ0v) is 10.4. The molecule has 0 amide bonds. The highest BCUT2D eigenvalue weighted by atomic mass is 35.5. The van der Waals surface area contributed by atoms with Crippen molar-refractivity contribution < 1.29 is 5.11 Å². The quantitative estimate of drug-likeness (QED) is 0.783. The van der Waals surface area contributed by atoms with Crippen molar-refractivity contribution in [2.24, 2.45) is 0 Å². The molecule has 1 atom stereocenters. The first-order chi connectivity index (χ1) is 7.03. The van der Waals surface area contributed by atoms with Gasteiger partial charge in [-0.3, -0.25) is 0 Å². The number of nitrogens with one attached hydrogen (secondary N) is 1. The molecule has 1 aromatic rings. The van der Waals surface area contributed by atoms with Crippen molar-refractivity contribution in [1.29, 1.82) is 0 Å². The molecule has 0 bridgehead atoms. The molecule has 1 heterocycles. The van der Waals surface area contributed by atoms with E-state index >= 15 is 0 Å². The van der Waals surface area contributed by atoms with E-state index in [1.807, 2.05) is 18.4 Å². The third-order valence-corrected chi connectivity index (χ3v) is 2.94. The van der Waals surface area contributed by atoms with Gasteiger partial charge in [-0.15, -0.1) is 0 Å². The molecule has 2 N–H and O–H groups in total. The maximum Gasteiger partial charge on any atom is 0.131 e. The number of halogens is 1. The van der Waals surface area contributed by atoms with Crippen LogP contribution in [0.4, 0.5) is 5.82 Å². The van der Waals surface area contributed by atoms with Crippen molar-refractivity contribution in [3.63, 3.8) is 0 Å². The minimum atomic E-state index is -0.733. The second kappa shape index (κ2) is 5.58.